The third kappa shape index (κ3) is 3.97. The van der Waals surface area contributed by atoms with Gasteiger partial charge < -0.3 is 14.6 Å². The van der Waals surface area contributed by atoms with E-state index < -0.39 is 0 Å². The summed E-state index contributed by atoms with van der Waals surface area (Å²) in [4.78, 5) is 12.8. The van der Waals surface area contributed by atoms with Crippen molar-refractivity contribution in [2.24, 2.45) is 0 Å². The first-order chi connectivity index (χ1) is 12.6. The first-order valence-electron chi connectivity index (χ1n) is 8.57. The van der Waals surface area contributed by atoms with Gasteiger partial charge in [0.2, 0.25) is 0 Å². The molecule has 134 valence electrons. The van der Waals surface area contributed by atoms with Gasteiger partial charge in [-0.2, -0.15) is 0 Å². The van der Waals surface area contributed by atoms with Crippen molar-refractivity contribution in [3.05, 3.63) is 64.7 Å². The van der Waals surface area contributed by atoms with E-state index in [1.807, 2.05) is 42.5 Å². The quantitative estimate of drug-likeness (QED) is 0.817. The molecule has 1 N–H and O–H groups in total. The molecule has 0 spiro atoms. The summed E-state index contributed by atoms with van der Waals surface area (Å²) in [5.41, 5.74) is 3.43. The molecule has 0 bridgehead atoms. The Hall–Kier alpha value is -3.01. The highest BCUT2D eigenvalue weighted by Crippen LogP contribution is 2.31. The maximum Gasteiger partial charge on any atom is 0.185 e. The second kappa shape index (κ2) is 7.91. The Kier molecular flexibility index (Phi) is 5.42. The van der Waals surface area contributed by atoms with Crippen LogP contribution in [-0.4, -0.2) is 25.1 Å². The van der Waals surface area contributed by atoms with Gasteiger partial charge in [0.1, 0.15) is 5.75 Å². The Morgan fingerprint density at radius 3 is 2.04 bits per heavy atom. The molecule has 26 heavy (non-hydrogen) atoms. The van der Waals surface area contributed by atoms with Gasteiger partial charge in [-0.3, -0.25) is 4.79 Å². The van der Waals surface area contributed by atoms with Crippen molar-refractivity contribution in [3.8, 4) is 17.2 Å². The lowest BCUT2D eigenvalue weighted by atomic mass is 9.87. The summed E-state index contributed by atoms with van der Waals surface area (Å²) in [5, 5.41) is 9.38. The van der Waals surface area contributed by atoms with Crippen molar-refractivity contribution >= 4 is 17.9 Å². The van der Waals surface area contributed by atoms with Crippen LogP contribution in [0, 0.1) is 0 Å². The molecule has 0 amide bonds. The number of aromatic hydroxyl groups is 1. The van der Waals surface area contributed by atoms with Gasteiger partial charge in [0, 0.05) is 11.1 Å². The lowest BCUT2D eigenvalue weighted by Crippen LogP contribution is -2.12. The van der Waals surface area contributed by atoms with Gasteiger partial charge in [0.15, 0.2) is 17.3 Å². The maximum atomic E-state index is 12.8. The molecule has 0 saturated heterocycles. The molecule has 1 saturated carbocycles. The van der Waals surface area contributed by atoms with Crippen molar-refractivity contribution in [2.45, 2.75) is 19.3 Å². The summed E-state index contributed by atoms with van der Waals surface area (Å²) < 4.78 is 10.6. The summed E-state index contributed by atoms with van der Waals surface area (Å²) in [6.07, 6.45) is 6.30. The first kappa shape index (κ1) is 17.8. The molecule has 3 rings (SSSR count). The SMILES string of the molecule is COc1ccc(/C=C2\CCC/C(=C\c3ccc(O)cc3)C2=O)cc1OC. The molecule has 1 aliphatic rings. The van der Waals surface area contributed by atoms with Crippen molar-refractivity contribution in [1.29, 1.82) is 0 Å². The fourth-order valence-electron chi connectivity index (χ4n) is 3.09. The Balaban J connectivity index is 1.87. The Labute approximate surface area is 153 Å². The van der Waals surface area contributed by atoms with Gasteiger partial charge in [-0.25, -0.2) is 0 Å². The highest BCUT2D eigenvalue weighted by atomic mass is 16.5. The van der Waals surface area contributed by atoms with Gasteiger partial charge in [-0.05, 0) is 66.8 Å². The highest BCUT2D eigenvalue weighted by Gasteiger charge is 2.20. The van der Waals surface area contributed by atoms with E-state index in [1.54, 1.807) is 26.4 Å². The average molecular weight is 350 g/mol. The number of ketones is 1. The van der Waals surface area contributed by atoms with E-state index in [4.69, 9.17) is 9.47 Å². The monoisotopic (exact) mass is 350 g/mol. The molecule has 4 heteroatoms. The number of ether oxygens (including phenoxy) is 2. The van der Waals surface area contributed by atoms with Gasteiger partial charge in [-0.15, -0.1) is 0 Å². The topological polar surface area (TPSA) is 55.8 Å². The number of allylic oxidation sites excluding steroid dienone is 2. The average Bonchev–Trinajstić information content (AvgIpc) is 2.66. The van der Waals surface area contributed by atoms with E-state index >= 15 is 0 Å². The second-order valence-corrected chi connectivity index (χ2v) is 6.23. The summed E-state index contributed by atoms with van der Waals surface area (Å²) in [7, 11) is 3.19. The van der Waals surface area contributed by atoms with Gasteiger partial charge in [0.05, 0.1) is 14.2 Å². The zero-order valence-electron chi connectivity index (χ0n) is 15.0. The van der Waals surface area contributed by atoms with E-state index in [0.29, 0.717) is 11.5 Å². The van der Waals surface area contributed by atoms with Crippen molar-refractivity contribution in [2.75, 3.05) is 14.2 Å². The maximum absolute atomic E-state index is 12.8. The smallest absolute Gasteiger partial charge is 0.185 e. The molecule has 2 aromatic rings. The van der Waals surface area contributed by atoms with Crippen LogP contribution in [-0.2, 0) is 4.79 Å². The second-order valence-electron chi connectivity index (χ2n) is 6.23. The number of phenols is 1. The zero-order chi connectivity index (χ0) is 18.5. The minimum Gasteiger partial charge on any atom is -0.508 e. The summed E-state index contributed by atoms with van der Waals surface area (Å²) in [5.74, 6) is 1.61. The number of methoxy groups -OCH3 is 2. The van der Waals surface area contributed by atoms with Crippen LogP contribution in [0.15, 0.2) is 53.6 Å². The predicted octanol–water partition coefficient (Wildman–Crippen LogP) is 4.63. The van der Waals surface area contributed by atoms with Crippen molar-refractivity contribution in [3.63, 3.8) is 0 Å². The van der Waals surface area contributed by atoms with Crippen LogP contribution in [0.1, 0.15) is 30.4 Å². The molecule has 0 radical (unpaired) electrons. The van der Waals surface area contributed by atoms with E-state index in [1.165, 1.54) is 0 Å². The van der Waals surface area contributed by atoms with Crippen LogP contribution < -0.4 is 9.47 Å². The third-order valence-electron chi connectivity index (χ3n) is 4.46. The molecular weight excluding hydrogens is 328 g/mol. The largest absolute Gasteiger partial charge is 0.508 e. The van der Waals surface area contributed by atoms with Crippen molar-refractivity contribution < 1.29 is 19.4 Å². The predicted molar refractivity (Wildman–Crippen MR) is 102 cm³/mol. The number of carbonyl (C=O) groups is 1. The fourth-order valence-corrected chi connectivity index (χ4v) is 3.09. The van der Waals surface area contributed by atoms with Gasteiger partial charge >= 0.3 is 0 Å². The number of phenolic OH excluding ortho intramolecular Hbond substituents is 1. The number of hydrogen-bond acceptors (Lipinski definition) is 4. The normalized spacial score (nSPS) is 17.5. The van der Waals surface area contributed by atoms with E-state index in [-0.39, 0.29) is 11.5 Å². The Bertz CT molecular complexity index is 860. The number of rotatable bonds is 4. The molecule has 0 atom stereocenters. The minimum absolute atomic E-state index is 0.0825. The molecule has 0 aromatic heterocycles. The molecule has 0 unspecified atom stereocenters. The molecule has 1 fully saturated rings. The number of Topliss-reactive ketones (excluding diaryl/α,β-unsaturated/α-hetero) is 1. The van der Waals surface area contributed by atoms with Gasteiger partial charge in [0.25, 0.3) is 0 Å². The number of hydrogen-bond donors (Lipinski definition) is 1. The Morgan fingerprint density at radius 2 is 1.42 bits per heavy atom. The van der Waals surface area contributed by atoms with Crippen LogP contribution >= 0.6 is 0 Å². The molecule has 1 aliphatic carbocycles. The highest BCUT2D eigenvalue weighted by molar-refractivity contribution is 6.14. The third-order valence-corrected chi connectivity index (χ3v) is 4.46. The summed E-state index contributed by atoms with van der Waals surface area (Å²) in [6, 6.07) is 12.5. The van der Waals surface area contributed by atoms with E-state index in [2.05, 4.69) is 0 Å². The van der Waals surface area contributed by atoms with Crippen LogP contribution in [0.5, 0.6) is 17.2 Å². The molecular formula is C22H22O4. The van der Waals surface area contributed by atoms with Crippen LogP contribution in [0.25, 0.3) is 12.2 Å². The first-order valence-corrected chi connectivity index (χ1v) is 8.57. The van der Waals surface area contributed by atoms with Crippen LogP contribution in [0.2, 0.25) is 0 Å². The van der Waals surface area contributed by atoms with Crippen LogP contribution in [0.3, 0.4) is 0 Å². The zero-order valence-corrected chi connectivity index (χ0v) is 15.0. The molecule has 4 nitrogen and oxygen atoms in total. The minimum atomic E-state index is 0.0825. The van der Waals surface area contributed by atoms with E-state index in [0.717, 1.165) is 41.5 Å². The lowest BCUT2D eigenvalue weighted by Gasteiger charge is -2.17. The van der Waals surface area contributed by atoms with Gasteiger partial charge in [-0.1, -0.05) is 18.2 Å². The standard InChI is InChI=1S/C22H22O4/c1-25-20-11-8-16(14-21(20)26-2)13-18-5-3-4-17(22(18)24)12-15-6-9-19(23)10-7-15/h6-14,23H,3-5H2,1-2H3/b17-12+,18-13+. The lowest BCUT2D eigenvalue weighted by molar-refractivity contribution is -0.112. The Morgan fingerprint density at radius 1 is 0.846 bits per heavy atom. The number of carbonyl (C=O) groups excluding carboxylic acids is 1. The molecule has 0 aliphatic heterocycles. The summed E-state index contributed by atoms with van der Waals surface area (Å²) in [6.45, 7) is 0. The van der Waals surface area contributed by atoms with Crippen LogP contribution in [0.4, 0.5) is 0 Å². The molecule has 0 heterocycles. The van der Waals surface area contributed by atoms with Crippen molar-refractivity contribution in [1.82, 2.24) is 0 Å². The summed E-state index contributed by atoms with van der Waals surface area (Å²) >= 11 is 0. The number of benzene rings is 2. The van der Waals surface area contributed by atoms with E-state index in [9.17, 15) is 9.90 Å². The molecule has 2 aromatic carbocycles. The fraction of sp³-hybridized carbons (Fsp3) is 0.227.